The zero-order chi connectivity index (χ0) is 23.3. The van der Waals surface area contributed by atoms with Gasteiger partial charge in [0.1, 0.15) is 18.4 Å². The maximum absolute atomic E-state index is 14.2. The molecule has 3 heterocycles. The van der Waals surface area contributed by atoms with Gasteiger partial charge in [-0.1, -0.05) is 23.7 Å². The number of ketones is 1. The number of rotatable bonds is 6. The molecule has 1 saturated heterocycles. The van der Waals surface area contributed by atoms with E-state index in [0.717, 1.165) is 6.42 Å². The van der Waals surface area contributed by atoms with E-state index in [-0.39, 0.29) is 41.8 Å². The van der Waals surface area contributed by atoms with Gasteiger partial charge in [-0.3, -0.25) is 19.4 Å². The maximum atomic E-state index is 14.2. The molecule has 1 saturated carbocycles. The lowest BCUT2D eigenvalue weighted by Crippen LogP contribution is -2.48. The Morgan fingerprint density at radius 2 is 2.03 bits per heavy atom. The number of hydrogen-bond donors (Lipinski definition) is 1. The van der Waals surface area contributed by atoms with Crippen LogP contribution in [0.4, 0.5) is 4.39 Å². The van der Waals surface area contributed by atoms with E-state index in [1.165, 1.54) is 13.0 Å². The van der Waals surface area contributed by atoms with Crippen molar-refractivity contribution in [2.45, 2.75) is 44.9 Å². The number of hydrogen-bond acceptors (Lipinski definition) is 4. The van der Waals surface area contributed by atoms with Gasteiger partial charge in [0.25, 0.3) is 0 Å². The number of Topliss-reactive ketones (excluding diaryl/α,β-unsaturated/α-hetero) is 1. The Kier molecular flexibility index (Phi) is 5.40. The second kappa shape index (κ2) is 8.26. The summed E-state index contributed by atoms with van der Waals surface area (Å²) in [6.07, 6.45) is 4.73. The molecular weight excluding hydrogens is 447 g/mol. The largest absolute Gasteiger partial charge is 0.350 e. The number of aromatic nitrogens is 2. The Hall–Kier alpha value is -3.26. The number of amides is 2. The van der Waals surface area contributed by atoms with E-state index < -0.39 is 11.9 Å². The number of fused-ring (bicyclic) bond motifs is 2. The van der Waals surface area contributed by atoms with E-state index >= 15 is 0 Å². The molecule has 1 aromatic carbocycles. The first-order valence-electron chi connectivity index (χ1n) is 10.8. The first kappa shape index (κ1) is 21.6. The van der Waals surface area contributed by atoms with Gasteiger partial charge in [0.05, 0.1) is 21.6 Å². The Morgan fingerprint density at radius 1 is 1.21 bits per heavy atom. The van der Waals surface area contributed by atoms with Crippen LogP contribution in [0.3, 0.4) is 0 Å². The zero-order valence-corrected chi connectivity index (χ0v) is 18.7. The smallest absolute Gasteiger partial charge is 0.243 e. The standard InChI is InChI=1S/C24H22ClFN4O3/c1-13(31)16-11-29(18-6-3-7-27-23(16)18)12-21(32)30-19-8-15(19)9-20(30)24(33)28-10-14-4-2-5-17(25)22(14)26/h2-7,11,15,19-20H,8-10,12H2,1H3,(H,28,33)/t15-,19-,20+/m1/s1. The maximum Gasteiger partial charge on any atom is 0.243 e. The molecular formula is C24H22ClFN4O3. The summed E-state index contributed by atoms with van der Waals surface area (Å²) in [7, 11) is 0. The molecule has 2 fully saturated rings. The van der Waals surface area contributed by atoms with E-state index in [1.54, 1.807) is 40.1 Å². The van der Waals surface area contributed by atoms with Gasteiger partial charge in [-0.05, 0) is 43.9 Å². The van der Waals surface area contributed by atoms with E-state index in [4.69, 9.17) is 11.6 Å². The van der Waals surface area contributed by atoms with E-state index in [2.05, 4.69) is 10.3 Å². The molecule has 9 heteroatoms. The number of nitrogens with one attached hydrogen (secondary N) is 1. The highest BCUT2D eigenvalue weighted by Gasteiger charge is 2.55. The molecule has 170 valence electrons. The quantitative estimate of drug-likeness (QED) is 0.562. The van der Waals surface area contributed by atoms with Crippen LogP contribution in [-0.2, 0) is 22.7 Å². The van der Waals surface area contributed by atoms with Gasteiger partial charge in [0.2, 0.25) is 11.8 Å². The highest BCUT2D eigenvalue weighted by molar-refractivity contribution is 6.30. The van der Waals surface area contributed by atoms with Crippen LogP contribution in [0.1, 0.15) is 35.7 Å². The predicted octanol–water partition coefficient (Wildman–Crippen LogP) is 3.34. The van der Waals surface area contributed by atoms with Crippen molar-refractivity contribution in [2.24, 2.45) is 5.92 Å². The molecule has 1 aliphatic carbocycles. The highest BCUT2D eigenvalue weighted by Crippen LogP contribution is 2.48. The fourth-order valence-corrected chi connectivity index (χ4v) is 4.97. The Bertz CT molecular complexity index is 1290. The molecule has 2 aliphatic rings. The van der Waals surface area contributed by atoms with Crippen LogP contribution in [0.15, 0.2) is 42.7 Å². The summed E-state index contributed by atoms with van der Waals surface area (Å²) in [6.45, 7) is 1.47. The van der Waals surface area contributed by atoms with Gasteiger partial charge in [0, 0.05) is 30.5 Å². The predicted molar refractivity (Wildman–Crippen MR) is 120 cm³/mol. The molecule has 0 bridgehead atoms. The number of likely N-dealkylation sites (tertiary alicyclic amines) is 1. The summed E-state index contributed by atoms with van der Waals surface area (Å²) >= 11 is 5.82. The molecule has 3 aromatic rings. The third-order valence-electron chi connectivity index (χ3n) is 6.50. The first-order chi connectivity index (χ1) is 15.8. The SMILES string of the molecule is CC(=O)c1cn(CC(=O)N2[C@@H]3C[C@@H]3C[C@H]2C(=O)NCc2cccc(Cl)c2F)c2cccnc12. The summed E-state index contributed by atoms with van der Waals surface area (Å²) in [4.78, 5) is 44.2. The molecule has 2 amide bonds. The second-order valence-corrected chi connectivity index (χ2v) is 9.05. The number of pyridine rings is 1. The van der Waals surface area contributed by atoms with Crippen molar-refractivity contribution >= 4 is 40.2 Å². The van der Waals surface area contributed by atoms with Crippen molar-refractivity contribution in [3.8, 4) is 0 Å². The minimum absolute atomic E-state index is 0.000895. The topological polar surface area (TPSA) is 84.3 Å². The van der Waals surface area contributed by atoms with Gasteiger partial charge < -0.3 is 14.8 Å². The zero-order valence-electron chi connectivity index (χ0n) is 17.9. The Labute approximate surface area is 194 Å². The number of carbonyl (C=O) groups is 3. The normalized spacial score (nSPS) is 21.2. The van der Waals surface area contributed by atoms with Crippen molar-refractivity contribution in [1.82, 2.24) is 19.8 Å². The molecule has 0 spiro atoms. The number of halogens is 2. The number of piperidine rings is 1. The molecule has 2 aromatic heterocycles. The second-order valence-electron chi connectivity index (χ2n) is 8.64. The average Bonchev–Trinajstić information content (AvgIpc) is 3.30. The van der Waals surface area contributed by atoms with Crippen molar-refractivity contribution < 1.29 is 18.8 Å². The number of carbonyl (C=O) groups excluding carboxylic acids is 3. The Morgan fingerprint density at radius 3 is 2.82 bits per heavy atom. The fraction of sp³-hybridized carbons (Fsp3) is 0.333. The van der Waals surface area contributed by atoms with Gasteiger partial charge in [0.15, 0.2) is 5.78 Å². The van der Waals surface area contributed by atoms with Crippen LogP contribution >= 0.6 is 11.6 Å². The van der Waals surface area contributed by atoms with Gasteiger partial charge in [-0.15, -0.1) is 0 Å². The molecule has 0 radical (unpaired) electrons. The van der Waals surface area contributed by atoms with Crippen molar-refractivity contribution in [3.63, 3.8) is 0 Å². The van der Waals surface area contributed by atoms with Crippen LogP contribution in [0.5, 0.6) is 0 Å². The lowest BCUT2D eigenvalue weighted by molar-refractivity contribution is -0.140. The van der Waals surface area contributed by atoms with E-state index in [1.807, 2.05) is 6.07 Å². The van der Waals surface area contributed by atoms with Gasteiger partial charge in [-0.25, -0.2) is 4.39 Å². The average molecular weight is 469 g/mol. The van der Waals surface area contributed by atoms with E-state index in [0.29, 0.717) is 34.5 Å². The fourth-order valence-electron chi connectivity index (χ4n) is 4.77. The molecule has 3 atom stereocenters. The summed E-state index contributed by atoms with van der Waals surface area (Å²) in [5.41, 5.74) is 2.00. The summed E-state index contributed by atoms with van der Waals surface area (Å²) in [5, 5.41) is 2.75. The minimum Gasteiger partial charge on any atom is -0.350 e. The third-order valence-corrected chi connectivity index (χ3v) is 6.79. The third kappa shape index (κ3) is 3.88. The molecule has 0 unspecified atom stereocenters. The first-order valence-corrected chi connectivity index (χ1v) is 11.2. The van der Waals surface area contributed by atoms with Crippen molar-refractivity contribution in [2.75, 3.05) is 0 Å². The monoisotopic (exact) mass is 468 g/mol. The van der Waals surface area contributed by atoms with Crippen molar-refractivity contribution in [3.05, 3.63) is 64.7 Å². The highest BCUT2D eigenvalue weighted by atomic mass is 35.5. The van der Waals surface area contributed by atoms with Crippen LogP contribution in [0.2, 0.25) is 5.02 Å². The molecule has 33 heavy (non-hydrogen) atoms. The van der Waals surface area contributed by atoms with E-state index in [9.17, 15) is 18.8 Å². The van der Waals surface area contributed by atoms with Crippen LogP contribution in [0, 0.1) is 11.7 Å². The Balaban J connectivity index is 1.33. The molecule has 1 aliphatic heterocycles. The number of nitrogens with zero attached hydrogens (tertiary/aromatic N) is 3. The molecule has 5 rings (SSSR count). The lowest BCUT2D eigenvalue weighted by Gasteiger charge is -2.27. The van der Waals surface area contributed by atoms with Crippen LogP contribution in [0.25, 0.3) is 11.0 Å². The van der Waals surface area contributed by atoms with Crippen molar-refractivity contribution in [1.29, 1.82) is 0 Å². The molecule has 1 N–H and O–H groups in total. The van der Waals surface area contributed by atoms with Crippen LogP contribution in [-0.4, -0.2) is 44.1 Å². The number of benzene rings is 1. The summed E-state index contributed by atoms with van der Waals surface area (Å²) in [6, 6.07) is 7.65. The van der Waals surface area contributed by atoms with Gasteiger partial charge >= 0.3 is 0 Å². The summed E-state index contributed by atoms with van der Waals surface area (Å²) < 4.78 is 15.9. The lowest BCUT2D eigenvalue weighted by atomic mass is 10.1. The van der Waals surface area contributed by atoms with Gasteiger partial charge in [-0.2, -0.15) is 0 Å². The molecule has 7 nitrogen and oxygen atoms in total. The minimum atomic E-state index is -0.601. The van der Waals surface area contributed by atoms with Crippen LogP contribution < -0.4 is 5.32 Å². The summed E-state index contributed by atoms with van der Waals surface area (Å²) in [5.74, 6) is -0.873.